The van der Waals surface area contributed by atoms with Crippen molar-refractivity contribution in [2.45, 2.75) is 45.0 Å². The van der Waals surface area contributed by atoms with Gasteiger partial charge in [-0.2, -0.15) is 5.26 Å². The number of carbonyl (C=O) groups is 2. The zero-order valence-corrected chi connectivity index (χ0v) is 20.1. The van der Waals surface area contributed by atoms with Crippen molar-refractivity contribution < 1.29 is 49.7 Å². The summed E-state index contributed by atoms with van der Waals surface area (Å²) >= 11 is 0. The van der Waals surface area contributed by atoms with Gasteiger partial charge in [0.05, 0.1) is 16.7 Å². The maximum atomic E-state index is 13.0. The van der Waals surface area contributed by atoms with E-state index in [1.54, 1.807) is 20.8 Å². The number of nitrogens with zero attached hydrogens (tertiary/aromatic N) is 1. The van der Waals surface area contributed by atoms with E-state index in [1.807, 2.05) is 6.07 Å². The van der Waals surface area contributed by atoms with Crippen LogP contribution >= 0.6 is 0 Å². The van der Waals surface area contributed by atoms with Crippen LogP contribution in [0.15, 0.2) is 35.9 Å². The molecule has 2 aromatic carbocycles. The molecule has 6 N–H and O–H groups in total. The third-order valence-electron chi connectivity index (χ3n) is 7.12. The van der Waals surface area contributed by atoms with E-state index in [-0.39, 0.29) is 23.1 Å². The Morgan fingerprint density at radius 3 is 2.00 bits per heavy atom. The fourth-order valence-electron chi connectivity index (χ4n) is 5.22. The highest BCUT2D eigenvalue weighted by Gasteiger charge is 2.58. The molecule has 0 amide bonds. The van der Waals surface area contributed by atoms with Crippen LogP contribution in [-0.2, 0) is 14.3 Å². The Kier molecular flexibility index (Phi) is 5.96. The van der Waals surface area contributed by atoms with Crippen LogP contribution in [-0.4, -0.2) is 54.1 Å². The summed E-state index contributed by atoms with van der Waals surface area (Å²) in [5.74, 6) is -6.39. The monoisotopic (exact) mass is 511 g/mol. The molecule has 0 bridgehead atoms. The molecule has 2 unspecified atom stereocenters. The summed E-state index contributed by atoms with van der Waals surface area (Å²) in [5, 5.41) is 68.7. The van der Waals surface area contributed by atoms with Gasteiger partial charge >= 0.3 is 5.97 Å². The molecule has 2 aromatic rings. The van der Waals surface area contributed by atoms with E-state index in [2.05, 4.69) is 0 Å². The summed E-state index contributed by atoms with van der Waals surface area (Å²) in [6.45, 7) is 4.98. The largest absolute Gasteiger partial charge is 0.504 e. The van der Waals surface area contributed by atoms with Crippen molar-refractivity contribution in [3.05, 3.63) is 47.0 Å². The van der Waals surface area contributed by atoms with Crippen molar-refractivity contribution in [2.24, 2.45) is 11.3 Å². The lowest BCUT2D eigenvalue weighted by atomic mass is 9.59. The van der Waals surface area contributed by atoms with Gasteiger partial charge in [0.15, 0.2) is 40.3 Å². The van der Waals surface area contributed by atoms with Crippen LogP contribution in [0.1, 0.15) is 49.2 Å². The highest BCUT2D eigenvalue weighted by molar-refractivity contribution is 6.04. The lowest BCUT2D eigenvalue weighted by molar-refractivity contribution is -0.204. The maximum absolute atomic E-state index is 13.0. The second-order valence-electron chi connectivity index (χ2n) is 9.95. The summed E-state index contributed by atoms with van der Waals surface area (Å²) in [4.78, 5) is 26.0. The minimum atomic E-state index is -1.20. The first kappa shape index (κ1) is 25.7. The number of benzene rings is 2. The average Bonchev–Trinajstić information content (AvgIpc) is 2.83. The van der Waals surface area contributed by atoms with Gasteiger partial charge < -0.3 is 40.1 Å². The van der Waals surface area contributed by atoms with Gasteiger partial charge in [0.25, 0.3) is 0 Å². The lowest BCUT2D eigenvalue weighted by Crippen LogP contribution is -2.57. The number of aromatic hydroxyl groups is 6. The number of phenolic OH excluding ortho intramolecular Hbond substituents is 6. The van der Waals surface area contributed by atoms with Gasteiger partial charge in [0.2, 0.25) is 0 Å². The number of allylic oxidation sites excluding steroid dienone is 1. The van der Waals surface area contributed by atoms with Crippen LogP contribution in [0.2, 0.25) is 0 Å². The number of nitriles is 1. The standard InChI is InChI=1S/C26H25NO10/c1-25(2)19-8-18(36-24(35)12-6-16(30)21(33)17(31)7-12)22(11-4-14(28)20(32)15(29)5-11)37-26(19,3)9-13(10-27)23(25)34/h4-7,9,18-19,22,28-33H,8H2,1-3H3/t18-,19?,22-,26?/m1/s1. The fourth-order valence-corrected chi connectivity index (χ4v) is 5.22. The molecule has 11 heteroatoms. The van der Waals surface area contributed by atoms with Crippen LogP contribution in [0.4, 0.5) is 0 Å². The van der Waals surface area contributed by atoms with E-state index in [1.165, 1.54) is 6.08 Å². The van der Waals surface area contributed by atoms with E-state index < -0.39 is 75.4 Å². The Labute approximate surface area is 211 Å². The summed E-state index contributed by atoms with van der Waals surface area (Å²) in [6, 6.07) is 5.93. The van der Waals surface area contributed by atoms with Gasteiger partial charge in [-0.3, -0.25) is 4.79 Å². The topological polar surface area (TPSA) is 198 Å². The Balaban J connectivity index is 1.80. The number of hydrogen-bond donors (Lipinski definition) is 6. The Morgan fingerprint density at radius 2 is 1.49 bits per heavy atom. The highest BCUT2D eigenvalue weighted by Crippen LogP contribution is 2.54. The lowest BCUT2D eigenvalue weighted by Gasteiger charge is -2.53. The van der Waals surface area contributed by atoms with Crippen LogP contribution in [0.5, 0.6) is 34.5 Å². The van der Waals surface area contributed by atoms with Gasteiger partial charge in [-0.25, -0.2) is 4.79 Å². The van der Waals surface area contributed by atoms with Gasteiger partial charge in [-0.15, -0.1) is 0 Å². The second-order valence-corrected chi connectivity index (χ2v) is 9.95. The van der Waals surface area contributed by atoms with Crippen LogP contribution in [0.3, 0.4) is 0 Å². The molecule has 4 rings (SSSR count). The minimum Gasteiger partial charge on any atom is -0.504 e. The van der Waals surface area contributed by atoms with Crippen LogP contribution < -0.4 is 0 Å². The molecule has 194 valence electrons. The van der Waals surface area contributed by atoms with Gasteiger partial charge in [-0.1, -0.05) is 13.8 Å². The molecule has 0 aromatic heterocycles. The Bertz CT molecular complexity index is 1340. The van der Waals surface area contributed by atoms with E-state index in [0.29, 0.717) is 0 Å². The van der Waals surface area contributed by atoms with Crippen molar-refractivity contribution in [2.75, 3.05) is 0 Å². The molecule has 0 radical (unpaired) electrons. The van der Waals surface area contributed by atoms with E-state index in [9.17, 15) is 45.5 Å². The molecular formula is C26H25NO10. The van der Waals surface area contributed by atoms with Crippen molar-refractivity contribution in [3.8, 4) is 40.6 Å². The molecule has 1 saturated heterocycles. The number of phenols is 6. The molecule has 1 aliphatic heterocycles. The Morgan fingerprint density at radius 1 is 0.973 bits per heavy atom. The first-order valence-corrected chi connectivity index (χ1v) is 11.3. The summed E-state index contributed by atoms with van der Waals surface area (Å²) in [7, 11) is 0. The predicted molar refractivity (Wildman–Crippen MR) is 125 cm³/mol. The van der Waals surface area contributed by atoms with E-state index in [4.69, 9.17) is 9.47 Å². The molecule has 0 saturated carbocycles. The molecule has 1 aliphatic carbocycles. The molecule has 2 aliphatic rings. The van der Waals surface area contributed by atoms with E-state index in [0.717, 1.165) is 24.3 Å². The summed E-state index contributed by atoms with van der Waals surface area (Å²) < 4.78 is 12.0. The number of rotatable bonds is 3. The second kappa shape index (κ2) is 8.60. The van der Waals surface area contributed by atoms with Crippen molar-refractivity contribution in [3.63, 3.8) is 0 Å². The van der Waals surface area contributed by atoms with Crippen LogP contribution in [0.25, 0.3) is 0 Å². The molecule has 1 heterocycles. The first-order valence-electron chi connectivity index (χ1n) is 11.3. The quantitative estimate of drug-likeness (QED) is 0.261. The Hall–Kier alpha value is -4.43. The number of fused-ring (bicyclic) bond motifs is 1. The number of hydrogen-bond acceptors (Lipinski definition) is 11. The van der Waals surface area contributed by atoms with Crippen molar-refractivity contribution in [1.29, 1.82) is 5.26 Å². The molecule has 0 spiro atoms. The zero-order chi connectivity index (χ0) is 27.4. The van der Waals surface area contributed by atoms with Crippen LogP contribution in [0, 0.1) is 22.7 Å². The molecule has 11 nitrogen and oxygen atoms in total. The molecule has 4 atom stereocenters. The van der Waals surface area contributed by atoms with Gasteiger partial charge in [0, 0.05) is 11.3 Å². The fraction of sp³-hybridized carbons (Fsp3) is 0.346. The highest BCUT2D eigenvalue weighted by atomic mass is 16.6. The average molecular weight is 511 g/mol. The normalized spacial score (nSPS) is 26.5. The third kappa shape index (κ3) is 4.15. The molecule has 1 fully saturated rings. The van der Waals surface area contributed by atoms with Crippen molar-refractivity contribution in [1.82, 2.24) is 0 Å². The van der Waals surface area contributed by atoms with Gasteiger partial charge in [-0.05, 0) is 49.2 Å². The number of ketones is 1. The van der Waals surface area contributed by atoms with Gasteiger partial charge in [0.1, 0.15) is 18.3 Å². The summed E-state index contributed by atoms with van der Waals surface area (Å²) in [6.07, 6.45) is -0.829. The number of carbonyl (C=O) groups excluding carboxylic acids is 2. The smallest absolute Gasteiger partial charge is 0.338 e. The third-order valence-corrected chi connectivity index (χ3v) is 7.12. The van der Waals surface area contributed by atoms with E-state index >= 15 is 0 Å². The predicted octanol–water partition coefficient (Wildman–Crippen LogP) is 3.04. The number of esters is 1. The zero-order valence-electron chi connectivity index (χ0n) is 20.1. The molecule has 37 heavy (non-hydrogen) atoms. The SMILES string of the molecule is CC12C=C(C#N)C(=O)C(C)(C)C1C[C@@H](OC(=O)c1cc(O)c(O)c(O)c1)[C@@H](c1cc(O)c(O)c(O)c1)O2. The summed E-state index contributed by atoms with van der Waals surface area (Å²) in [5.41, 5.74) is -2.55. The number of ether oxygens (including phenoxy) is 2. The minimum absolute atomic E-state index is 0.0410. The van der Waals surface area contributed by atoms with Crippen molar-refractivity contribution >= 4 is 11.8 Å². The molecular weight excluding hydrogens is 486 g/mol. The number of Topliss-reactive ketones (excluding diaryl/α,β-unsaturated/α-hetero) is 1. The maximum Gasteiger partial charge on any atom is 0.338 e. The first-order chi connectivity index (χ1) is 17.2.